The number of nitrogens with one attached hydrogen (secondary N) is 2. The Bertz CT molecular complexity index is 495. The molecule has 0 spiro atoms. The number of furan rings is 1. The van der Waals surface area contributed by atoms with E-state index in [1.54, 1.807) is 18.1 Å². The number of likely N-dealkylation sites (tertiary alicyclic amines) is 1. The number of carbonyl (C=O) groups excluding carboxylic acids is 2. The fraction of sp³-hybridized carbons (Fsp3) is 0.625. The van der Waals surface area contributed by atoms with Crippen molar-refractivity contribution in [2.45, 2.75) is 38.8 Å². The first-order valence-corrected chi connectivity index (χ1v) is 8.08. The highest BCUT2D eigenvalue weighted by Crippen LogP contribution is 2.13. The van der Waals surface area contributed by atoms with Crippen LogP contribution in [0.3, 0.4) is 0 Å². The lowest BCUT2D eigenvalue weighted by molar-refractivity contribution is -0.121. The normalized spacial score (nSPS) is 16.9. The van der Waals surface area contributed by atoms with E-state index in [0.29, 0.717) is 19.7 Å². The number of hydrogen-bond acceptors (Lipinski definition) is 5. The smallest absolute Gasteiger partial charge is 0.409 e. The van der Waals surface area contributed by atoms with E-state index < -0.39 is 0 Å². The van der Waals surface area contributed by atoms with E-state index in [0.717, 1.165) is 18.6 Å². The summed E-state index contributed by atoms with van der Waals surface area (Å²) in [7, 11) is 0. The fourth-order valence-corrected chi connectivity index (χ4v) is 2.58. The van der Waals surface area contributed by atoms with Crippen molar-refractivity contribution >= 4 is 12.0 Å². The first-order valence-electron chi connectivity index (χ1n) is 8.08. The molecule has 2 amide bonds. The predicted molar refractivity (Wildman–Crippen MR) is 84.9 cm³/mol. The highest BCUT2D eigenvalue weighted by atomic mass is 16.6. The minimum Gasteiger partial charge on any atom is -0.468 e. The Morgan fingerprint density at radius 3 is 2.78 bits per heavy atom. The van der Waals surface area contributed by atoms with E-state index in [4.69, 9.17) is 9.15 Å². The fourth-order valence-electron chi connectivity index (χ4n) is 2.58. The Morgan fingerprint density at radius 2 is 2.17 bits per heavy atom. The summed E-state index contributed by atoms with van der Waals surface area (Å²) in [6.07, 6.45) is 2.84. The van der Waals surface area contributed by atoms with Gasteiger partial charge in [0.1, 0.15) is 5.76 Å². The van der Waals surface area contributed by atoms with Crippen molar-refractivity contribution in [3.63, 3.8) is 0 Å². The largest absolute Gasteiger partial charge is 0.468 e. The zero-order valence-electron chi connectivity index (χ0n) is 13.7. The van der Waals surface area contributed by atoms with Gasteiger partial charge in [0.15, 0.2) is 0 Å². The van der Waals surface area contributed by atoms with Gasteiger partial charge in [0, 0.05) is 19.1 Å². The summed E-state index contributed by atoms with van der Waals surface area (Å²) in [5, 5.41) is 6.13. The number of amides is 2. The monoisotopic (exact) mass is 323 g/mol. The van der Waals surface area contributed by atoms with Gasteiger partial charge >= 0.3 is 6.09 Å². The van der Waals surface area contributed by atoms with Crippen LogP contribution in [0.4, 0.5) is 4.79 Å². The van der Waals surface area contributed by atoms with Gasteiger partial charge in [-0.15, -0.1) is 0 Å². The van der Waals surface area contributed by atoms with Crippen LogP contribution in [-0.2, 0) is 9.53 Å². The molecule has 1 aromatic heterocycles. The van der Waals surface area contributed by atoms with Crippen LogP contribution in [-0.4, -0.2) is 49.2 Å². The molecule has 0 radical (unpaired) electrons. The third kappa shape index (κ3) is 5.28. The summed E-state index contributed by atoms with van der Waals surface area (Å²) in [5.74, 6) is 0.763. The Labute approximate surface area is 136 Å². The number of carbonyl (C=O) groups is 2. The molecule has 0 bridgehead atoms. The Hall–Kier alpha value is -2.02. The molecule has 2 rings (SSSR count). The van der Waals surface area contributed by atoms with Gasteiger partial charge in [-0.1, -0.05) is 0 Å². The second kappa shape index (κ2) is 8.57. The average molecular weight is 323 g/mol. The van der Waals surface area contributed by atoms with Gasteiger partial charge < -0.3 is 19.4 Å². The van der Waals surface area contributed by atoms with Crippen LogP contribution in [0.2, 0.25) is 0 Å². The molecule has 1 atom stereocenters. The van der Waals surface area contributed by atoms with Gasteiger partial charge in [-0.05, 0) is 38.8 Å². The van der Waals surface area contributed by atoms with Crippen LogP contribution in [0, 0.1) is 0 Å². The average Bonchev–Trinajstić information content (AvgIpc) is 3.08. The topological polar surface area (TPSA) is 83.8 Å². The van der Waals surface area contributed by atoms with Crippen LogP contribution in [0.15, 0.2) is 22.8 Å². The van der Waals surface area contributed by atoms with Gasteiger partial charge in [-0.2, -0.15) is 0 Å². The molecule has 1 fully saturated rings. The van der Waals surface area contributed by atoms with Crippen molar-refractivity contribution in [1.82, 2.24) is 15.5 Å². The molecule has 1 saturated heterocycles. The summed E-state index contributed by atoms with van der Waals surface area (Å²) in [4.78, 5) is 25.3. The minimum atomic E-state index is -0.272. The zero-order valence-corrected chi connectivity index (χ0v) is 13.7. The molecule has 7 heteroatoms. The van der Waals surface area contributed by atoms with Crippen molar-refractivity contribution < 1.29 is 18.7 Å². The maximum Gasteiger partial charge on any atom is 0.409 e. The summed E-state index contributed by atoms with van der Waals surface area (Å²) in [6.45, 7) is 5.58. The first kappa shape index (κ1) is 17.3. The molecule has 1 aliphatic heterocycles. The van der Waals surface area contributed by atoms with E-state index in [1.165, 1.54) is 0 Å². The summed E-state index contributed by atoms with van der Waals surface area (Å²) in [6, 6.07) is 3.79. The third-order valence-corrected chi connectivity index (χ3v) is 3.92. The number of nitrogens with zero attached hydrogens (tertiary/aromatic N) is 1. The zero-order chi connectivity index (χ0) is 16.7. The van der Waals surface area contributed by atoms with Crippen molar-refractivity contribution in [3.05, 3.63) is 24.2 Å². The summed E-state index contributed by atoms with van der Waals surface area (Å²) in [5.41, 5.74) is 0. The standard InChI is InChI=1S/C16H25N3O4/c1-3-22-16(21)19-8-6-13(7-9-19)18-15(20)11-17-12(2)14-5-4-10-23-14/h4-5,10,12-13,17H,3,6-9,11H2,1-2H3,(H,18,20)/t12-/m0/s1. The van der Waals surface area contributed by atoms with Crippen molar-refractivity contribution in [3.8, 4) is 0 Å². The van der Waals surface area contributed by atoms with Crippen molar-refractivity contribution in [2.24, 2.45) is 0 Å². The maximum absolute atomic E-state index is 12.0. The molecular weight excluding hydrogens is 298 g/mol. The molecule has 128 valence electrons. The molecule has 7 nitrogen and oxygen atoms in total. The van der Waals surface area contributed by atoms with Crippen LogP contribution in [0.25, 0.3) is 0 Å². The molecule has 23 heavy (non-hydrogen) atoms. The maximum atomic E-state index is 12.0. The van der Waals surface area contributed by atoms with Crippen LogP contribution in [0.1, 0.15) is 38.5 Å². The number of piperidine rings is 1. The molecule has 0 saturated carbocycles. The summed E-state index contributed by atoms with van der Waals surface area (Å²) >= 11 is 0. The van der Waals surface area contributed by atoms with Gasteiger partial charge in [-0.3, -0.25) is 10.1 Å². The van der Waals surface area contributed by atoms with Crippen LogP contribution >= 0.6 is 0 Å². The first-order chi connectivity index (χ1) is 11.1. The van der Waals surface area contributed by atoms with Crippen LogP contribution in [0.5, 0.6) is 0 Å². The van der Waals surface area contributed by atoms with E-state index in [1.807, 2.05) is 19.1 Å². The molecule has 2 N–H and O–H groups in total. The second-order valence-corrected chi connectivity index (χ2v) is 5.65. The number of ether oxygens (including phenoxy) is 1. The molecule has 0 unspecified atom stereocenters. The lowest BCUT2D eigenvalue weighted by atomic mass is 10.1. The molecular formula is C16H25N3O4. The minimum absolute atomic E-state index is 0.0126. The van der Waals surface area contributed by atoms with Crippen molar-refractivity contribution in [1.29, 1.82) is 0 Å². The van der Waals surface area contributed by atoms with Crippen molar-refractivity contribution in [2.75, 3.05) is 26.2 Å². The molecule has 0 aliphatic carbocycles. The Morgan fingerprint density at radius 1 is 1.43 bits per heavy atom. The Balaban J connectivity index is 1.66. The van der Waals surface area contributed by atoms with E-state index in [2.05, 4.69) is 10.6 Å². The Kier molecular flexibility index (Phi) is 6.46. The summed E-state index contributed by atoms with van der Waals surface area (Å²) < 4.78 is 10.3. The molecule has 0 aromatic carbocycles. The quantitative estimate of drug-likeness (QED) is 0.832. The lowest BCUT2D eigenvalue weighted by Crippen LogP contribution is -2.48. The van der Waals surface area contributed by atoms with Gasteiger partial charge in [0.05, 0.1) is 25.5 Å². The predicted octanol–water partition coefficient (Wildman–Crippen LogP) is 1.67. The molecule has 1 aliphatic rings. The molecule has 1 aromatic rings. The molecule has 2 heterocycles. The SMILES string of the molecule is CCOC(=O)N1CCC(NC(=O)CN[C@@H](C)c2ccco2)CC1. The van der Waals surface area contributed by atoms with E-state index >= 15 is 0 Å². The lowest BCUT2D eigenvalue weighted by Gasteiger charge is -2.31. The highest BCUT2D eigenvalue weighted by Gasteiger charge is 2.24. The van der Waals surface area contributed by atoms with Gasteiger partial charge in [0.2, 0.25) is 5.91 Å². The second-order valence-electron chi connectivity index (χ2n) is 5.65. The third-order valence-electron chi connectivity index (χ3n) is 3.92. The number of hydrogen-bond donors (Lipinski definition) is 2. The van der Waals surface area contributed by atoms with Crippen LogP contribution < -0.4 is 10.6 Å². The van der Waals surface area contributed by atoms with E-state index in [9.17, 15) is 9.59 Å². The highest BCUT2D eigenvalue weighted by molar-refractivity contribution is 5.78. The van der Waals surface area contributed by atoms with E-state index in [-0.39, 0.29) is 30.6 Å². The van der Waals surface area contributed by atoms with Gasteiger partial charge in [-0.25, -0.2) is 4.79 Å². The number of rotatable bonds is 6. The van der Waals surface area contributed by atoms with Gasteiger partial charge in [0.25, 0.3) is 0 Å².